The van der Waals surface area contributed by atoms with Crippen LogP contribution < -0.4 is 0 Å². The maximum atomic E-state index is 14.5. The molecule has 0 spiro atoms. The Balaban J connectivity index is 4.36. The molecule has 0 amide bonds. The number of benzene rings is 1. The van der Waals surface area contributed by atoms with Crippen molar-refractivity contribution < 1.29 is 29.7 Å². The molecule has 0 radical (unpaired) electrons. The minimum atomic E-state index is -1.26. The molecule has 0 heterocycles. The van der Waals surface area contributed by atoms with Crippen molar-refractivity contribution in [2.75, 3.05) is 0 Å². The summed E-state index contributed by atoms with van der Waals surface area (Å²) in [6.07, 6.45) is 48.6. The average molecular weight is 968 g/mol. The van der Waals surface area contributed by atoms with Gasteiger partial charge in [0.15, 0.2) is 0 Å². The molecular weight excluding hydrogens is 853 g/mol. The lowest BCUT2D eigenvalue weighted by molar-refractivity contribution is 0.0644. The van der Waals surface area contributed by atoms with Crippen LogP contribution in [0.5, 0.6) is 0 Å². The molecule has 6 heteroatoms. The van der Waals surface area contributed by atoms with Crippen LogP contribution in [0.1, 0.15) is 396 Å². The van der Waals surface area contributed by atoms with E-state index < -0.39 is 17.9 Å². The minimum Gasteiger partial charge on any atom is -0.478 e. The number of rotatable bonds is 51. The molecule has 0 aliphatic heterocycles. The molecular formula is C63H114O6. The molecule has 3 unspecified atom stereocenters. The van der Waals surface area contributed by atoms with Crippen molar-refractivity contribution in [2.45, 2.75) is 348 Å². The van der Waals surface area contributed by atoms with E-state index in [-0.39, 0.29) is 34.4 Å². The first-order chi connectivity index (χ1) is 33.7. The Morgan fingerprint density at radius 3 is 0.609 bits per heavy atom. The fourth-order valence-corrected chi connectivity index (χ4v) is 11.6. The number of carboxylic acids is 3. The van der Waals surface area contributed by atoms with Gasteiger partial charge in [0.05, 0.1) is 16.7 Å². The molecule has 0 aromatic heterocycles. The van der Waals surface area contributed by atoms with Gasteiger partial charge in [0.2, 0.25) is 0 Å². The number of carboxylic acid groups (broad SMARTS) is 3. The smallest absolute Gasteiger partial charge is 0.336 e. The molecule has 0 aliphatic rings. The summed E-state index contributed by atoms with van der Waals surface area (Å²) in [6, 6.07) is 0. The zero-order valence-electron chi connectivity index (χ0n) is 46.6. The molecule has 0 aliphatic carbocycles. The third-order valence-electron chi connectivity index (χ3n) is 15.7. The second-order valence-electron chi connectivity index (χ2n) is 21.8. The molecule has 69 heavy (non-hydrogen) atoms. The van der Waals surface area contributed by atoms with Gasteiger partial charge in [0.25, 0.3) is 0 Å². The Morgan fingerprint density at radius 2 is 0.406 bits per heavy atom. The summed E-state index contributed by atoms with van der Waals surface area (Å²) in [5.41, 5.74) is 1.64. The van der Waals surface area contributed by atoms with E-state index in [4.69, 9.17) is 0 Å². The third kappa shape index (κ3) is 28.5. The van der Waals surface area contributed by atoms with Crippen molar-refractivity contribution in [1.82, 2.24) is 0 Å². The molecule has 0 fully saturated rings. The van der Waals surface area contributed by atoms with Gasteiger partial charge in [-0.25, -0.2) is 14.4 Å². The molecule has 1 aromatic rings. The normalized spacial score (nSPS) is 13.0. The quantitative estimate of drug-likeness (QED) is 0.0561. The predicted octanol–water partition coefficient (Wildman–Crippen LogP) is 21.7. The third-order valence-corrected chi connectivity index (χ3v) is 15.7. The SMILES string of the molecule is CCCCCCCCCC(CCCCCCCC)c1c(C(=O)O)c(C(=O)O)c(C(CCCCCCCC)CCCCCCCCC)c(C(CCCCCCCC)CCCCCCCCC)c1C(=O)O. The van der Waals surface area contributed by atoms with Gasteiger partial charge in [-0.15, -0.1) is 0 Å². The van der Waals surface area contributed by atoms with E-state index in [1.807, 2.05) is 0 Å². The summed E-state index contributed by atoms with van der Waals surface area (Å²) in [6.45, 7) is 13.4. The molecule has 1 aromatic carbocycles. The highest BCUT2D eigenvalue weighted by atomic mass is 16.4. The van der Waals surface area contributed by atoms with E-state index in [1.54, 1.807) is 0 Å². The van der Waals surface area contributed by atoms with Crippen molar-refractivity contribution in [3.05, 3.63) is 33.4 Å². The van der Waals surface area contributed by atoms with Crippen LogP contribution in [0.3, 0.4) is 0 Å². The molecule has 3 N–H and O–H groups in total. The number of carbonyl (C=O) groups is 3. The molecule has 0 bridgehead atoms. The van der Waals surface area contributed by atoms with Crippen molar-refractivity contribution in [3.63, 3.8) is 0 Å². The van der Waals surface area contributed by atoms with Crippen molar-refractivity contribution in [2.24, 2.45) is 0 Å². The van der Waals surface area contributed by atoms with E-state index in [0.717, 1.165) is 153 Å². The summed E-state index contributed by atoms with van der Waals surface area (Å²) in [5.74, 6) is -4.13. The summed E-state index contributed by atoms with van der Waals surface area (Å²) >= 11 is 0. The Hall–Kier alpha value is -2.37. The lowest BCUT2D eigenvalue weighted by Crippen LogP contribution is -2.27. The van der Waals surface area contributed by atoms with Gasteiger partial charge in [-0.3, -0.25) is 0 Å². The van der Waals surface area contributed by atoms with Crippen LogP contribution >= 0.6 is 0 Å². The van der Waals surface area contributed by atoms with E-state index in [0.29, 0.717) is 24.0 Å². The lowest BCUT2D eigenvalue weighted by atomic mass is 9.69. The highest BCUT2D eigenvalue weighted by Crippen LogP contribution is 2.48. The number of aromatic carboxylic acids is 3. The Labute approximate surface area is 427 Å². The van der Waals surface area contributed by atoms with E-state index in [9.17, 15) is 29.7 Å². The highest BCUT2D eigenvalue weighted by Gasteiger charge is 2.40. The maximum Gasteiger partial charge on any atom is 0.336 e. The summed E-state index contributed by atoms with van der Waals surface area (Å²) in [4.78, 5) is 42.9. The Kier molecular flexibility index (Phi) is 41.5. The topological polar surface area (TPSA) is 112 Å². The van der Waals surface area contributed by atoms with Gasteiger partial charge in [0, 0.05) is 0 Å². The van der Waals surface area contributed by atoms with Crippen molar-refractivity contribution >= 4 is 17.9 Å². The average Bonchev–Trinajstić information content (AvgIpc) is 3.33. The Morgan fingerprint density at radius 1 is 0.246 bits per heavy atom. The van der Waals surface area contributed by atoms with Gasteiger partial charge in [0.1, 0.15) is 0 Å². The maximum absolute atomic E-state index is 14.5. The second kappa shape index (κ2) is 44.3. The number of unbranched alkanes of at least 4 members (excludes halogenated alkanes) is 33. The fraction of sp³-hybridized carbons (Fsp3) is 0.857. The lowest BCUT2D eigenvalue weighted by Gasteiger charge is -2.33. The molecule has 0 saturated heterocycles. The summed E-state index contributed by atoms with van der Waals surface area (Å²) in [5, 5.41) is 35.1. The van der Waals surface area contributed by atoms with Crippen LogP contribution in [0.15, 0.2) is 0 Å². The van der Waals surface area contributed by atoms with Crippen LogP contribution in [0.25, 0.3) is 0 Å². The fourth-order valence-electron chi connectivity index (χ4n) is 11.6. The van der Waals surface area contributed by atoms with Crippen LogP contribution in [0.4, 0.5) is 0 Å². The van der Waals surface area contributed by atoms with Crippen molar-refractivity contribution in [1.29, 1.82) is 0 Å². The van der Waals surface area contributed by atoms with Crippen LogP contribution in [-0.4, -0.2) is 33.2 Å². The molecule has 1 rings (SSSR count). The zero-order valence-corrected chi connectivity index (χ0v) is 46.6. The summed E-state index contributed by atoms with van der Waals surface area (Å²) < 4.78 is 0. The van der Waals surface area contributed by atoms with Gasteiger partial charge < -0.3 is 15.3 Å². The van der Waals surface area contributed by atoms with E-state index in [1.165, 1.54) is 128 Å². The highest BCUT2D eigenvalue weighted by molar-refractivity contribution is 6.08. The molecule has 0 saturated carbocycles. The number of hydrogen-bond donors (Lipinski definition) is 3. The standard InChI is InChI=1S/C63H114O6/c1-7-13-19-25-31-37-43-47-52(46-40-34-28-22-16-10-4)55-56(53(48-41-35-29-23-17-11-5)49-44-38-32-26-20-14-8-2)59(62(66)67)60(63(68)69)57(58(55)61(64)65)54(50-42-36-30-24-18-12-6)51-45-39-33-27-21-15-9-3/h52-54H,7-51H2,1-6H3,(H,64,65)(H,66,67)(H,68,69). The minimum absolute atomic E-state index is 0.0588. The first-order valence-electron chi connectivity index (χ1n) is 30.6. The van der Waals surface area contributed by atoms with Gasteiger partial charge >= 0.3 is 17.9 Å². The Bertz CT molecular complexity index is 1420. The predicted molar refractivity (Wildman–Crippen MR) is 297 cm³/mol. The monoisotopic (exact) mass is 967 g/mol. The van der Waals surface area contributed by atoms with Gasteiger partial charge in [-0.05, 0) is 73.0 Å². The van der Waals surface area contributed by atoms with Crippen LogP contribution in [0.2, 0.25) is 0 Å². The number of hydrogen-bond acceptors (Lipinski definition) is 3. The molecule has 3 atom stereocenters. The van der Waals surface area contributed by atoms with Crippen LogP contribution in [-0.2, 0) is 0 Å². The van der Waals surface area contributed by atoms with Crippen molar-refractivity contribution in [3.8, 4) is 0 Å². The van der Waals surface area contributed by atoms with Crippen LogP contribution in [0, 0.1) is 0 Å². The van der Waals surface area contributed by atoms with Gasteiger partial charge in [-0.2, -0.15) is 0 Å². The summed E-state index contributed by atoms with van der Waals surface area (Å²) in [7, 11) is 0. The largest absolute Gasteiger partial charge is 0.478 e. The zero-order chi connectivity index (χ0) is 50.7. The molecule has 6 nitrogen and oxygen atoms in total. The van der Waals surface area contributed by atoms with E-state index in [2.05, 4.69) is 41.5 Å². The van der Waals surface area contributed by atoms with Gasteiger partial charge in [-0.1, -0.05) is 292 Å². The molecule has 402 valence electrons. The second-order valence-corrected chi connectivity index (χ2v) is 21.8. The van der Waals surface area contributed by atoms with E-state index >= 15 is 0 Å². The first kappa shape index (κ1) is 64.6. The first-order valence-corrected chi connectivity index (χ1v) is 30.6.